The molecule has 1 aromatic rings. The Kier molecular flexibility index (Phi) is 8.44. The maximum Gasteiger partial charge on any atom is 0.328 e. The molecule has 0 fully saturated rings. The van der Waals surface area contributed by atoms with Crippen molar-refractivity contribution in [3.63, 3.8) is 0 Å². The summed E-state index contributed by atoms with van der Waals surface area (Å²) in [4.78, 5) is 10.5. The Bertz CT molecular complexity index is 421. The minimum atomic E-state index is -0.900. The van der Waals surface area contributed by atoms with Crippen LogP contribution >= 0.6 is 0 Å². The molecule has 0 spiro atoms. The molecule has 0 amide bonds. The van der Waals surface area contributed by atoms with E-state index in [0.29, 0.717) is 0 Å². The van der Waals surface area contributed by atoms with Crippen molar-refractivity contribution in [3.05, 3.63) is 41.5 Å². The van der Waals surface area contributed by atoms with Crippen LogP contribution in [-0.4, -0.2) is 11.1 Å². The van der Waals surface area contributed by atoms with Crippen molar-refractivity contribution < 1.29 is 9.90 Å². The van der Waals surface area contributed by atoms with Gasteiger partial charge in [0.2, 0.25) is 0 Å². The third-order valence-electron chi connectivity index (χ3n) is 3.44. The van der Waals surface area contributed by atoms with Gasteiger partial charge in [0, 0.05) is 6.08 Å². The van der Waals surface area contributed by atoms with Gasteiger partial charge in [-0.15, -0.1) is 0 Å². The number of aliphatic carboxylic acids is 1. The predicted molar refractivity (Wildman–Crippen MR) is 84.8 cm³/mol. The van der Waals surface area contributed by atoms with Crippen LogP contribution in [0.1, 0.15) is 63.0 Å². The number of carboxylic acids is 1. The third kappa shape index (κ3) is 7.78. The average Bonchev–Trinajstić information content (AvgIpc) is 2.45. The molecule has 1 aromatic carbocycles. The van der Waals surface area contributed by atoms with Gasteiger partial charge >= 0.3 is 5.97 Å². The van der Waals surface area contributed by atoms with E-state index in [-0.39, 0.29) is 0 Å². The lowest BCUT2D eigenvalue weighted by molar-refractivity contribution is -0.131. The van der Waals surface area contributed by atoms with E-state index in [0.717, 1.165) is 12.0 Å². The summed E-state index contributed by atoms with van der Waals surface area (Å²) in [5.74, 6) is -0.900. The summed E-state index contributed by atoms with van der Waals surface area (Å²) in [5, 5.41) is 8.62. The first-order valence-corrected chi connectivity index (χ1v) is 7.72. The molecule has 2 heteroatoms. The Morgan fingerprint density at radius 3 is 2.50 bits per heavy atom. The molecule has 0 radical (unpaired) electrons. The molecule has 0 aliphatic rings. The van der Waals surface area contributed by atoms with Crippen LogP contribution in [0, 0.1) is 0 Å². The van der Waals surface area contributed by atoms with Crippen LogP contribution in [0.4, 0.5) is 0 Å². The van der Waals surface area contributed by atoms with Gasteiger partial charge in [0.1, 0.15) is 0 Å². The summed E-state index contributed by atoms with van der Waals surface area (Å²) in [6.07, 6.45) is 13.2. The maximum absolute atomic E-state index is 10.5. The highest BCUT2D eigenvalue weighted by molar-refractivity contribution is 5.85. The summed E-state index contributed by atoms with van der Waals surface area (Å²) >= 11 is 0. The number of benzene rings is 1. The van der Waals surface area contributed by atoms with E-state index < -0.39 is 5.97 Å². The Morgan fingerprint density at radius 2 is 1.80 bits per heavy atom. The number of rotatable bonds is 10. The summed E-state index contributed by atoms with van der Waals surface area (Å²) in [7, 11) is 0. The topological polar surface area (TPSA) is 37.3 Å². The summed E-state index contributed by atoms with van der Waals surface area (Å²) < 4.78 is 0. The molecule has 0 saturated carbocycles. The molecular weight excluding hydrogens is 248 g/mol. The molecule has 0 aliphatic heterocycles. The van der Waals surface area contributed by atoms with E-state index in [2.05, 4.69) is 19.1 Å². The molecule has 0 bridgehead atoms. The van der Waals surface area contributed by atoms with Crippen LogP contribution < -0.4 is 0 Å². The van der Waals surface area contributed by atoms with Crippen molar-refractivity contribution in [1.82, 2.24) is 0 Å². The second-order valence-corrected chi connectivity index (χ2v) is 5.29. The highest BCUT2D eigenvalue weighted by Crippen LogP contribution is 2.13. The van der Waals surface area contributed by atoms with Crippen LogP contribution in [0.15, 0.2) is 30.3 Å². The molecule has 0 saturated heterocycles. The SMILES string of the molecule is CCCCCCCCCc1cccc(C=CC(=O)O)c1. The summed E-state index contributed by atoms with van der Waals surface area (Å²) in [6.45, 7) is 2.24. The molecular formula is C18H26O2. The fraction of sp³-hybridized carbons (Fsp3) is 0.500. The highest BCUT2D eigenvalue weighted by atomic mass is 16.4. The van der Waals surface area contributed by atoms with E-state index in [4.69, 9.17) is 5.11 Å². The number of hydrogen-bond donors (Lipinski definition) is 1. The van der Waals surface area contributed by atoms with Crippen LogP contribution in [-0.2, 0) is 11.2 Å². The second kappa shape index (κ2) is 10.2. The van der Waals surface area contributed by atoms with Crippen LogP contribution in [0.3, 0.4) is 0 Å². The molecule has 0 heterocycles. The van der Waals surface area contributed by atoms with Gasteiger partial charge in [-0.2, -0.15) is 0 Å². The van der Waals surface area contributed by atoms with Gasteiger partial charge in [0.15, 0.2) is 0 Å². The van der Waals surface area contributed by atoms with E-state index in [1.165, 1.54) is 56.6 Å². The Balaban J connectivity index is 2.26. The molecule has 0 aromatic heterocycles. The third-order valence-corrected chi connectivity index (χ3v) is 3.44. The van der Waals surface area contributed by atoms with E-state index in [1.807, 2.05) is 12.1 Å². The fourth-order valence-corrected chi connectivity index (χ4v) is 2.31. The minimum Gasteiger partial charge on any atom is -0.478 e. The molecule has 2 nitrogen and oxygen atoms in total. The first kappa shape index (κ1) is 16.5. The number of unbranched alkanes of at least 4 members (excludes halogenated alkanes) is 6. The van der Waals surface area contributed by atoms with Crippen LogP contribution in [0.25, 0.3) is 6.08 Å². The molecule has 1 N–H and O–H groups in total. The lowest BCUT2D eigenvalue weighted by Gasteiger charge is -2.03. The molecule has 0 aliphatic carbocycles. The predicted octanol–water partition coefficient (Wildman–Crippen LogP) is 5.08. The van der Waals surface area contributed by atoms with Gasteiger partial charge < -0.3 is 5.11 Å². The number of carbonyl (C=O) groups is 1. The first-order chi connectivity index (χ1) is 9.72. The fourth-order valence-electron chi connectivity index (χ4n) is 2.31. The highest BCUT2D eigenvalue weighted by Gasteiger charge is 1.96. The van der Waals surface area contributed by atoms with Crippen molar-refractivity contribution in [3.8, 4) is 0 Å². The van der Waals surface area contributed by atoms with Crippen molar-refractivity contribution >= 4 is 12.0 Å². The Labute approximate surface area is 122 Å². The Morgan fingerprint density at radius 1 is 1.10 bits per heavy atom. The molecule has 0 atom stereocenters. The molecule has 110 valence electrons. The zero-order chi connectivity index (χ0) is 14.6. The van der Waals surface area contributed by atoms with Crippen molar-refractivity contribution in [2.75, 3.05) is 0 Å². The van der Waals surface area contributed by atoms with E-state index in [9.17, 15) is 4.79 Å². The standard InChI is InChI=1S/C18H26O2/c1-2-3-4-5-6-7-8-10-16-11-9-12-17(15-16)13-14-18(19)20/h9,11-15H,2-8,10H2,1H3,(H,19,20). The summed E-state index contributed by atoms with van der Waals surface area (Å²) in [5.41, 5.74) is 2.26. The maximum atomic E-state index is 10.5. The average molecular weight is 274 g/mol. The van der Waals surface area contributed by atoms with Gasteiger partial charge in [0.25, 0.3) is 0 Å². The normalized spacial score (nSPS) is 11.1. The molecule has 20 heavy (non-hydrogen) atoms. The number of hydrogen-bond acceptors (Lipinski definition) is 1. The van der Waals surface area contributed by atoms with E-state index in [1.54, 1.807) is 6.08 Å². The number of aryl methyl sites for hydroxylation is 1. The Hall–Kier alpha value is -1.57. The van der Waals surface area contributed by atoms with Gasteiger partial charge in [-0.3, -0.25) is 0 Å². The van der Waals surface area contributed by atoms with Gasteiger partial charge in [-0.05, 0) is 30.0 Å². The van der Waals surface area contributed by atoms with Gasteiger partial charge in [-0.25, -0.2) is 4.79 Å². The zero-order valence-electron chi connectivity index (χ0n) is 12.5. The quantitative estimate of drug-likeness (QED) is 0.477. The van der Waals surface area contributed by atoms with Gasteiger partial charge in [-0.1, -0.05) is 69.7 Å². The lowest BCUT2D eigenvalue weighted by Crippen LogP contribution is -1.89. The monoisotopic (exact) mass is 274 g/mol. The summed E-state index contributed by atoms with van der Waals surface area (Å²) in [6, 6.07) is 8.14. The minimum absolute atomic E-state index is 0.900. The zero-order valence-corrected chi connectivity index (χ0v) is 12.5. The molecule has 1 rings (SSSR count). The lowest BCUT2D eigenvalue weighted by atomic mass is 10.0. The smallest absolute Gasteiger partial charge is 0.328 e. The number of carboxylic acid groups (broad SMARTS) is 1. The van der Waals surface area contributed by atoms with Crippen molar-refractivity contribution in [2.24, 2.45) is 0 Å². The van der Waals surface area contributed by atoms with E-state index >= 15 is 0 Å². The van der Waals surface area contributed by atoms with Crippen molar-refractivity contribution in [1.29, 1.82) is 0 Å². The molecule has 0 unspecified atom stereocenters. The van der Waals surface area contributed by atoms with Crippen LogP contribution in [0.2, 0.25) is 0 Å². The van der Waals surface area contributed by atoms with Crippen LogP contribution in [0.5, 0.6) is 0 Å². The second-order valence-electron chi connectivity index (χ2n) is 5.29. The first-order valence-electron chi connectivity index (χ1n) is 7.72. The van der Waals surface area contributed by atoms with Crippen molar-refractivity contribution in [2.45, 2.75) is 58.3 Å². The largest absolute Gasteiger partial charge is 0.478 e. The van der Waals surface area contributed by atoms with Gasteiger partial charge in [0.05, 0.1) is 0 Å².